The van der Waals surface area contributed by atoms with Crippen LogP contribution in [0.3, 0.4) is 0 Å². The summed E-state index contributed by atoms with van der Waals surface area (Å²) in [5, 5.41) is 3.77. The number of rotatable bonds is 1. The largest absolute Gasteiger partial charge is 0.339 e. The van der Waals surface area contributed by atoms with Gasteiger partial charge in [0.15, 0.2) is 0 Å². The summed E-state index contributed by atoms with van der Waals surface area (Å²) in [6, 6.07) is 3.84. The first kappa shape index (κ1) is 11.4. The highest BCUT2D eigenvalue weighted by Crippen LogP contribution is 2.12. The predicted octanol–water partition coefficient (Wildman–Crippen LogP) is 2.77. The number of pyridine rings is 1. The Kier molecular flexibility index (Phi) is 3.97. The maximum atomic E-state index is 4.85. The Balaban J connectivity index is 0.000000531. The molecule has 0 radical (unpaired) electrons. The van der Waals surface area contributed by atoms with Crippen LogP contribution in [0.25, 0.3) is 11.5 Å². The molecule has 0 saturated heterocycles. The van der Waals surface area contributed by atoms with Crippen LogP contribution in [0.1, 0.15) is 25.3 Å². The van der Waals surface area contributed by atoms with Crippen molar-refractivity contribution in [3.8, 4) is 11.5 Å². The Morgan fingerprint density at radius 2 is 1.87 bits per heavy atom. The van der Waals surface area contributed by atoms with E-state index in [1.807, 2.05) is 32.9 Å². The van der Waals surface area contributed by atoms with E-state index in [2.05, 4.69) is 15.1 Å². The Hall–Kier alpha value is -1.71. The summed E-state index contributed by atoms with van der Waals surface area (Å²) in [5.41, 5.74) is 1.85. The smallest absolute Gasteiger partial charge is 0.223 e. The fourth-order valence-corrected chi connectivity index (χ4v) is 1.00. The van der Waals surface area contributed by atoms with Gasteiger partial charge < -0.3 is 4.52 Å². The van der Waals surface area contributed by atoms with Crippen LogP contribution in [0.5, 0.6) is 0 Å². The summed E-state index contributed by atoms with van der Waals surface area (Å²) >= 11 is 0. The molecule has 0 N–H and O–H groups in total. The van der Waals surface area contributed by atoms with Crippen LogP contribution in [0.4, 0.5) is 0 Å². The quantitative estimate of drug-likeness (QED) is 0.718. The van der Waals surface area contributed by atoms with Crippen molar-refractivity contribution in [1.29, 1.82) is 0 Å². The summed E-state index contributed by atoms with van der Waals surface area (Å²) in [7, 11) is 0. The number of nitrogens with zero attached hydrogens (tertiary/aromatic N) is 3. The van der Waals surface area contributed by atoms with E-state index in [0.717, 1.165) is 11.3 Å². The van der Waals surface area contributed by atoms with Crippen molar-refractivity contribution in [2.45, 2.75) is 27.7 Å². The van der Waals surface area contributed by atoms with Crippen molar-refractivity contribution in [2.75, 3.05) is 0 Å². The zero-order valence-electron chi connectivity index (χ0n) is 9.48. The number of aryl methyl sites for hydroxylation is 2. The standard InChI is InChI=1S/C9H9N3O.C2H6/c1-6-3-4-8(10-5-6)9-11-7(2)13-12-9;1-2/h3-5H,1-2H3;1-2H3. The molecule has 0 aliphatic rings. The van der Waals surface area contributed by atoms with E-state index in [-0.39, 0.29) is 0 Å². The topological polar surface area (TPSA) is 51.8 Å². The normalized spacial score (nSPS) is 9.33. The van der Waals surface area contributed by atoms with Gasteiger partial charge in [0.2, 0.25) is 11.7 Å². The molecule has 0 fully saturated rings. The molecule has 4 heteroatoms. The zero-order valence-corrected chi connectivity index (χ0v) is 9.48. The van der Waals surface area contributed by atoms with Gasteiger partial charge in [-0.2, -0.15) is 4.98 Å². The van der Waals surface area contributed by atoms with Crippen LogP contribution in [-0.2, 0) is 0 Å². The number of aromatic nitrogens is 3. The van der Waals surface area contributed by atoms with Crippen molar-refractivity contribution >= 4 is 0 Å². The molecule has 2 heterocycles. The van der Waals surface area contributed by atoms with Gasteiger partial charge in [0, 0.05) is 13.1 Å². The van der Waals surface area contributed by atoms with Crippen molar-refractivity contribution in [2.24, 2.45) is 0 Å². The first-order chi connectivity index (χ1) is 7.25. The van der Waals surface area contributed by atoms with Crippen LogP contribution >= 0.6 is 0 Å². The molecule has 0 amide bonds. The lowest BCUT2D eigenvalue weighted by Crippen LogP contribution is -1.85. The molecule has 0 unspecified atom stereocenters. The molecule has 0 aliphatic heterocycles. The van der Waals surface area contributed by atoms with Gasteiger partial charge in [-0.25, -0.2) is 0 Å². The Morgan fingerprint density at radius 1 is 1.13 bits per heavy atom. The van der Waals surface area contributed by atoms with E-state index in [4.69, 9.17) is 4.52 Å². The number of hydrogen-bond donors (Lipinski definition) is 0. The second-order valence-electron chi connectivity index (χ2n) is 2.86. The van der Waals surface area contributed by atoms with Gasteiger partial charge in [0.05, 0.1) is 0 Å². The van der Waals surface area contributed by atoms with Gasteiger partial charge in [0.25, 0.3) is 0 Å². The van der Waals surface area contributed by atoms with E-state index in [1.165, 1.54) is 0 Å². The van der Waals surface area contributed by atoms with Crippen LogP contribution in [0.2, 0.25) is 0 Å². The lowest BCUT2D eigenvalue weighted by molar-refractivity contribution is 0.394. The van der Waals surface area contributed by atoms with Gasteiger partial charge in [0.1, 0.15) is 5.69 Å². The van der Waals surface area contributed by atoms with Gasteiger partial charge in [-0.05, 0) is 18.6 Å². The molecular weight excluding hydrogens is 190 g/mol. The third kappa shape index (κ3) is 2.87. The third-order valence-electron chi connectivity index (χ3n) is 1.67. The first-order valence-electron chi connectivity index (χ1n) is 4.99. The molecule has 0 aromatic carbocycles. The highest BCUT2D eigenvalue weighted by molar-refractivity contribution is 5.47. The minimum atomic E-state index is 0.539. The van der Waals surface area contributed by atoms with E-state index in [0.29, 0.717) is 11.7 Å². The molecule has 4 nitrogen and oxygen atoms in total. The van der Waals surface area contributed by atoms with Crippen LogP contribution in [0, 0.1) is 13.8 Å². The van der Waals surface area contributed by atoms with Gasteiger partial charge >= 0.3 is 0 Å². The molecule has 2 rings (SSSR count). The summed E-state index contributed by atoms with van der Waals surface area (Å²) in [4.78, 5) is 8.25. The second-order valence-corrected chi connectivity index (χ2v) is 2.86. The van der Waals surface area contributed by atoms with Crippen LogP contribution in [0.15, 0.2) is 22.9 Å². The average molecular weight is 205 g/mol. The Labute approximate surface area is 89.4 Å². The molecule has 0 saturated carbocycles. The van der Waals surface area contributed by atoms with Crippen LogP contribution in [-0.4, -0.2) is 15.1 Å². The molecule has 0 aliphatic carbocycles. The maximum Gasteiger partial charge on any atom is 0.223 e. The Morgan fingerprint density at radius 3 is 2.33 bits per heavy atom. The fraction of sp³-hybridized carbons (Fsp3) is 0.364. The minimum absolute atomic E-state index is 0.539. The third-order valence-corrected chi connectivity index (χ3v) is 1.67. The molecular formula is C11H15N3O. The molecule has 2 aromatic heterocycles. The van der Waals surface area contributed by atoms with E-state index in [9.17, 15) is 0 Å². The molecule has 0 atom stereocenters. The van der Waals surface area contributed by atoms with Crippen LogP contribution < -0.4 is 0 Å². The molecule has 15 heavy (non-hydrogen) atoms. The second kappa shape index (κ2) is 5.24. The average Bonchev–Trinajstić information content (AvgIpc) is 2.69. The predicted molar refractivity (Wildman–Crippen MR) is 58.4 cm³/mol. The fourth-order valence-electron chi connectivity index (χ4n) is 1.00. The lowest BCUT2D eigenvalue weighted by atomic mass is 10.3. The maximum absolute atomic E-state index is 4.85. The summed E-state index contributed by atoms with van der Waals surface area (Å²) in [5.74, 6) is 1.09. The van der Waals surface area contributed by atoms with Gasteiger partial charge in [-0.15, -0.1) is 0 Å². The van der Waals surface area contributed by atoms with Crippen molar-refractivity contribution in [1.82, 2.24) is 15.1 Å². The molecule has 0 bridgehead atoms. The van der Waals surface area contributed by atoms with E-state index >= 15 is 0 Å². The van der Waals surface area contributed by atoms with Crippen molar-refractivity contribution in [3.63, 3.8) is 0 Å². The van der Waals surface area contributed by atoms with Crippen molar-refractivity contribution in [3.05, 3.63) is 29.8 Å². The zero-order chi connectivity index (χ0) is 11.3. The highest BCUT2D eigenvalue weighted by Gasteiger charge is 2.05. The minimum Gasteiger partial charge on any atom is -0.339 e. The van der Waals surface area contributed by atoms with Gasteiger partial charge in [-0.1, -0.05) is 25.1 Å². The van der Waals surface area contributed by atoms with E-state index < -0.39 is 0 Å². The SMILES string of the molecule is CC.Cc1ccc(-c2noc(C)n2)nc1. The monoisotopic (exact) mass is 205 g/mol. The molecule has 2 aromatic rings. The summed E-state index contributed by atoms with van der Waals surface area (Å²) in [6.45, 7) is 7.74. The van der Waals surface area contributed by atoms with Crippen molar-refractivity contribution < 1.29 is 4.52 Å². The highest BCUT2D eigenvalue weighted by atomic mass is 16.5. The van der Waals surface area contributed by atoms with E-state index in [1.54, 1.807) is 13.1 Å². The number of hydrogen-bond acceptors (Lipinski definition) is 4. The molecule has 0 spiro atoms. The lowest BCUT2D eigenvalue weighted by Gasteiger charge is -1.93. The first-order valence-corrected chi connectivity index (χ1v) is 4.99. The summed E-state index contributed by atoms with van der Waals surface area (Å²) < 4.78 is 4.85. The summed E-state index contributed by atoms with van der Waals surface area (Å²) in [6.07, 6.45) is 1.78. The van der Waals surface area contributed by atoms with Gasteiger partial charge in [-0.3, -0.25) is 4.98 Å². The Bertz CT molecular complexity index is 406. The molecule has 80 valence electrons.